The van der Waals surface area contributed by atoms with Crippen LogP contribution in [0.15, 0.2) is 54.6 Å². The number of Topliss-reactive ketones (excluding diaryl/α,β-unsaturated/α-hetero) is 1. The lowest BCUT2D eigenvalue weighted by Crippen LogP contribution is -2.56. The molecule has 0 radical (unpaired) electrons. The number of carbonyl (C=O) groups excluding carboxylic acids is 2. The molecule has 1 unspecified atom stereocenters. The fourth-order valence-electron chi connectivity index (χ4n) is 3.45. The number of ketones is 1. The molecule has 2 aromatic rings. The van der Waals surface area contributed by atoms with Crippen molar-refractivity contribution in [3.05, 3.63) is 60.2 Å². The molecular weight excluding hydrogens is 340 g/mol. The number of hydrogen-bond acceptors (Lipinski definition) is 4. The van der Waals surface area contributed by atoms with Crippen molar-refractivity contribution in [2.24, 2.45) is 0 Å². The molecule has 3 rings (SSSR count). The van der Waals surface area contributed by atoms with Gasteiger partial charge in [-0.3, -0.25) is 14.5 Å². The topological polar surface area (TPSA) is 49.9 Å². The van der Waals surface area contributed by atoms with Crippen LogP contribution >= 0.6 is 0 Å². The molecule has 1 aliphatic heterocycles. The number of methoxy groups -OCH3 is 1. The van der Waals surface area contributed by atoms with Gasteiger partial charge in [0.1, 0.15) is 5.75 Å². The van der Waals surface area contributed by atoms with Crippen molar-refractivity contribution in [2.75, 3.05) is 31.6 Å². The molecule has 1 fully saturated rings. The van der Waals surface area contributed by atoms with Crippen LogP contribution in [0.1, 0.15) is 30.1 Å². The summed E-state index contributed by atoms with van der Waals surface area (Å²) in [6.07, 6.45) is 1.26. The predicted molar refractivity (Wildman–Crippen MR) is 106 cm³/mol. The first-order chi connectivity index (χ1) is 13.1. The fraction of sp³-hybridized carbons (Fsp3) is 0.364. The van der Waals surface area contributed by atoms with Gasteiger partial charge in [0.25, 0.3) is 0 Å². The fourth-order valence-corrected chi connectivity index (χ4v) is 3.45. The van der Waals surface area contributed by atoms with Crippen molar-refractivity contribution in [3.8, 4) is 5.75 Å². The quantitative estimate of drug-likeness (QED) is 0.705. The van der Waals surface area contributed by atoms with Gasteiger partial charge in [-0.1, -0.05) is 30.3 Å². The number of ether oxygens (including phenoxy) is 1. The summed E-state index contributed by atoms with van der Waals surface area (Å²) in [5.41, 5.74) is 1.65. The van der Waals surface area contributed by atoms with E-state index in [-0.39, 0.29) is 17.7 Å². The molecule has 5 heteroatoms. The van der Waals surface area contributed by atoms with Crippen molar-refractivity contribution >= 4 is 17.4 Å². The smallest absolute Gasteiger partial charge is 0.244 e. The van der Waals surface area contributed by atoms with E-state index < -0.39 is 0 Å². The van der Waals surface area contributed by atoms with E-state index in [1.54, 1.807) is 7.11 Å². The van der Waals surface area contributed by atoms with E-state index in [0.717, 1.165) is 36.5 Å². The van der Waals surface area contributed by atoms with Crippen LogP contribution in [0.2, 0.25) is 0 Å². The Bertz CT molecular complexity index is 774. The normalized spacial score (nSPS) is 17.8. The first kappa shape index (κ1) is 19.1. The molecule has 0 spiro atoms. The van der Waals surface area contributed by atoms with Gasteiger partial charge >= 0.3 is 0 Å². The molecular formula is C22H26N2O3. The molecule has 1 aliphatic rings. The van der Waals surface area contributed by atoms with E-state index in [9.17, 15) is 9.59 Å². The monoisotopic (exact) mass is 366 g/mol. The summed E-state index contributed by atoms with van der Waals surface area (Å²) in [5.74, 6) is 1.04. The van der Waals surface area contributed by atoms with Crippen molar-refractivity contribution < 1.29 is 14.3 Å². The summed E-state index contributed by atoms with van der Waals surface area (Å²) >= 11 is 0. The molecule has 0 saturated carbocycles. The second kappa shape index (κ2) is 8.82. The van der Waals surface area contributed by atoms with Gasteiger partial charge in [-0.05, 0) is 44.2 Å². The molecule has 2 aromatic carbocycles. The zero-order valence-electron chi connectivity index (χ0n) is 15.9. The Morgan fingerprint density at radius 2 is 1.78 bits per heavy atom. The number of benzene rings is 2. The summed E-state index contributed by atoms with van der Waals surface area (Å²) < 4.78 is 5.18. The molecule has 1 heterocycles. The van der Waals surface area contributed by atoms with Crippen LogP contribution in [0, 0.1) is 0 Å². The van der Waals surface area contributed by atoms with Crippen molar-refractivity contribution in [1.82, 2.24) is 4.90 Å². The van der Waals surface area contributed by atoms with E-state index in [1.165, 1.54) is 0 Å². The summed E-state index contributed by atoms with van der Waals surface area (Å²) in [5, 5.41) is 0. The van der Waals surface area contributed by atoms with Crippen LogP contribution in [0.3, 0.4) is 0 Å². The molecule has 1 saturated heterocycles. The standard InChI is InChI=1S/C22H26N2O3/c1-17-22(26)24(19-10-12-20(27-2)13-11-19)16-15-23(17)14-6-9-21(25)18-7-4-3-5-8-18/h3-5,7-8,10-13,17H,6,9,14-16H2,1-2H3. The van der Waals surface area contributed by atoms with Gasteiger partial charge in [0.2, 0.25) is 5.91 Å². The Morgan fingerprint density at radius 3 is 2.44 bits per heavy atom. The molecule has 5 nitrogen and oxygen atoms in total. The number of nitrogens with zero attached hydrogens (tertiary/aromatic N) is 2. The van der Waals surface area contributed by atoms with E-state index in [2.05, 4.69) is 4.90 Å². The Balaban J connectivity index is 1.52. The van der Waals surface area contributed by atoms with Crippen molar-refractivity contribution in [1.29, 1.82) is 0 Å². The highest BCUT2D eigenvalue weighted by Gasteiger charge is 2.31. The Morgan fingerprint density at radius 1 is 1.07 bits per heavy atom. The number of rotatable bonds is 7. The van der Waals surface area contributed by atoms with Crippen molar-refractivity contribution in [3.63, 3.8) is 0 Å². The van der Waals surface area contributed by atoms with Crippen LogP contribution in [-0.4, -0.2) is 49.4 Å². The largest absolute Gasteiger partial charge is 0.497 e. The number of piperazine rings is 1. The van der Waals surface area contributed by atoms with Gasteiger partial charge in [-0.2, -0.15) is 0 Å². The molecule has 1 amide bonds. The molecule has 142 valence electrons. The van der Waals surface area contributed by atoms with E-state index >= 15 is 0 Å². The molecule has 0 aliphatic carbocycles. The Labute approximate surface area is 160 Å². The van der Waals surface area contributed by atoms with Gasteiger partial charge in [-0.15, -0.1) is 0 Å². The number of carbonyl (C=O) groups is 2. The maximum Gasteiger partial charge on any atom is 0.244 e. The zero-order chi connectivity index (χ0) is 19.2. The van der Waals surface area contributed by atoms with Crippen LogP contribution in [0.25, 0.3) is 0 Å². The minimum Gasteiger partial charge on any atom is -0.497 e. The van der Waals surface area contributed by atoms with Crippen LogP contribution in [-0.2, 0) is 4.79 Å². The minimum absolute atomic E-state index is 0.0980. The molecule has 0 bridgehead atoms. The maximum absolute atomic E-state index is 12.8. The van der Waals surface area contributed by atoms with Gasteiger partial charge < -0.3 is 9.64 Å². The third-order valence-corrected chi connectivity index (χ3v) is 5.11. The third kappa shape index (κ3) is 4.55. The SMILES string of the molecule is COc1ccc(N2CCN(CCCC(=O)c3ccccc3)C(C)C2=O)cc1. The first-order valence-corrected chi connectivity index (χ1v) is 9.38. The van der Waals surface area contributed by atoms with Crippen LogP contribution < -0.4 is 9.64 Å². The zero-order valence-corrected chi connectivity index (χ0v) is 15.9. The van der Waals surface area contributed by atoms with E-state index in [1.807, 2.05) is 66.4 Å². The average molecular weight is 366 g/mol. The highest BCUT2D eigenvalue weighted by molar-refractivity contribution is 5.98. The summed E-state index contributed by atoms with van der Waals surface area (Å²) in [4.78, 5) is 29.0. The highest BCUT2D eigenvalue weighted by Crippen LogP contribution is 2.23. The van der Waals surface area contributed by atoms with Gasteiger partial charge in [0.05, 0.1) is 13.2 Å². The number of anilines is 1. The molecule has 0 aromatic heterocycles. The molecule has 0 N–H and O–H groups in total. The lowest BCUT2D eigenvalue weighted by atomic mass is 10.1. The third-order valence-electron chi connectivity index (χ3n) is 5.11. The average Bonchev–Trinajstić information content (AvgIpc) is 2.72. The molecule has 27 heavy (non-hydrogen) atoms. The van der Waals surface area contributed by atoms with Gasteiger partial charge in [0.15, 0.2) is 5.78 Å². The minimum atomic E-state index is -0.187. The van der Waals surface area contributed by atoms with Crippen LogP contribution in [0.5, 0.6) is 5.75 Å². The number of hydrogen-bond donors (Lipinski definition) is 0. The van der Waals surface area contributed by atoms with Crippen LogP contribution in [0.4, 0.5) is 5.69 Å². The van der Waals surface area contributed by atoms with E-state index in [0.29, 0.717) is 13.0 Å². The second-order valence-electron chi connectivity index (χ2n) is 6.79. The van der Waals surface area contributed by atoms with Crippen molar-refractivity contribution in [2.45, 2.75) is 25.8 Å². The molecule has 1 atom stereocenters. The first-order valence-electron chi connectivity index (χ1n) is 9.38. The lowest BCUT2D eigenvalue weighted by Gasteiger charge is -2.39. The van der Waals surface area contributed by atoms with E-state index in [4.69, 9.17) is 4.74 Å². The maximum atomic E-state index is 12.8. The predicted octanol–water partition coefficient (Wildman–Crippen LogP) is 3.40. The Kier molecular flexibility index (Phi) is 6.24. The Hall–Kier alpha value is -2.66. The van der Waals surface area contributed by atoms with Gasteiger partial charge in [-0.25, -0.2) is 0 Å². The van der Waals surface area contributed by atoms with Gasteiger partial charge in [0, 0.05) is 30.8 Å². The number of amides is 1. The highest BCUT2D eigenvalue weighted by atomic mass is 16.5. The summed E-state index contributed by atoms with van der Waals surface area (Å²) in [6.45, 7) is 4.15. The lowest BCUT2D eigenvalue weighted by molar-refractivity contribution is -0.125. The second-order valence-corrected chi connectivity index (χ2v) is 6.79. The summed E-state index contributed by atoms with van der Waals surface area (Å²) in [7, 11) is 1.63. The summed E-state index contributed by atoms with van der Waals surface area (Å²) in [6, 6.07) is 16.8.